The van der Waals surface area contributed by atoms with Gasteiger partial charge in [0.1, 0.15) is 11.6 Å². The van der Waals surface area contributed by atoms with Crippen molar-refractivity contribution < 1.29 is 9.50 Å². The zero-order valence-corrected chi connectivity index (χ0v) is 16.5. The summed E-state index contributed by atoms with van der Waals surface area (Å²) in [5, 5.41) is 21.5. The van der Waals surface area contributed by atoms with E-state index in [1.54, 1.807) is 12.1 Å². The van der Waals surface area contributed by atoms with Gasteiger partial charge < -0.3 is 16.2 Å². The molecular weight excluding hydrogens is 357 g/mol. The van der Waals surface area contributed by atoms with Crippen LogP contribution >= 0.6 is 0 Å². The number of aliphatic hydroxyl groups is 1. The standard InChI is InChI=1S/C21H28FN5O/c1-3-4-5-17(9-11-28)26-20-18(14(2)25-21(24)27-20)13-16-7-6-15(8-10-23)12-19(16)22/h6-7,12,17,28H,3-5,8-9,11,13H2,1-2H3,(H3,24,25,26,27)/t17-/m0/s1. The SMILES string of the molecule is CCCC[C@@H](CCO)Nc1nc(N)nc(C)c1Cc1ccc(CC#N)cc1F. The number of aromatic nitrogens is 2. The second-order valence-electron chi connectivity index (χ2n) is 6.93. The Labute approximate surface area is 165 Å². The second kappa shape index (κ2) is 10.6. The third-order valence-electron chi connectivity index (χ3n) is 4.72. The van der Waals surface area contributed by atoms with E-state index < -0.39 is 0 Å². The highest BCUT2D eigenvalue weighted by atomic mass is 19.1. The summed E-state index contributed by atoms with van der Waals surface area (Å²) in [6, 6.07) is 6.94. The number of rotatable bonds is 10. The van der Waals surface area contributed by atoms with Gasteiger partial charge in [0.2, 0.25) is 5.95 Å². The molecule has 1 aromatic carbocycles. The largest absolute Gasteiger partial charge is 0.396 e. The molecule has 1 heterocycles. The normalized spacial score (nSPS) is 11.8. The predicted octanol–water partition coefficient (Wildman–Crippen LogP) is 3.52. The first kappa shape index (κ1) is 21.6. The topological polar surface area (TPSA) is 108 Å². The Balaban J connectivity index is 2.32. The van der Waals surface area contributed by atoms with Crippen LogP contribution in [0.5, 0.6) is 0 Å². The van der Waals surface area contributed by atoms with E-state index in [1.165, 1.54) is 6.07 Å². The monoisotopic (exact) mass is 385 g/mol. The number of anilines is 2. The van der Waals surface area contributed by atoms with Crippen molar-refractivity contribution >= 4 is 11.8 Å². The summed E-state index contributed by atoms with van der Waals surface area (Å²) < 4.78 is 14.5. The molecule has 0 amide bonds. The third kappa shape index (κ3) is 5.89. The first-order valence-corrected chi connectivity index (χ1v) is 9.63. The summed E-state index contributed by atoms with van der Waals surface area (Å²) in [7, 11) is 0. The molecular formula is C21H28FN5O. The molecule has 2 rings (SSSR count). The van der Waals surface area contributed by atoms with Gasteiger partial charge in [-0.05, 0) is 37.0 Å². The lowest BCUT2D eigenvalue weighted by Crippen LogP contribution is -2.23. The molecule has 1 aromatic heterocycles. The Hall–Kier alpha value is -2.72. The van der Waals surface area contributed by atoms with E-state index in [0.29, 0.717) is 35.5 Å². The number of unbranched alkanes of at least 4 members (excludes halogenated alkanes) is 1. The summed E-state index contributed by atoms with van der Waals surface area (Å²) in [4.78, 5) is 8.58. The number of nitrogens with zero attached hydrogens (tertiary/aromatic N) is 3. The first-order valence-electron chi connectivity index (χ1n) is 9.63. The van der Waals surface area contributed by atoms with Crippen LogP contribution in [0.15, 0.2) is 18.2 Å². The molecule has 6 nitrogen and oxygen atoms in total. The lowest BCUT2D eigenvalue weighted by Gasteiger charge is -2.21. The maximum absolute atomic E-state index is 14.5. The highest BCUT2D eigenvalue weighted by molar-refractivity contribution is 5.52. The van der Waals surface area contributed by atoms with Gasteiger partial charge in [0, 0.05) is 30.3 Å². The fourth-order valence-corrected chi connectivity index (χ4v) is 3.16. The second-order valence-corrected chi connectivity index (χ2v) is 6.93. The number of nitrogens with two attached hydrogens (primary N) is 1. The molecule has 0 unspecified atom stereocenters. The highest BCUT2D eigenvalue weighted by Gasteiger charge is 2.17. The van der Waals surface area contributed by atoms with E-state index in [-0.39, 0.29) is 30.8 Å². The van der Waals surface area contributed by atoms with Crippen LogP contribution in [0.2, 0.25) is 0 Å². The summed E-state index contributed by atoms with van der Waals surface area (Å²) in [5.41, 5.74) is 8.46. The Morgan fingerprint density at radius 1 is 1.32 bits per heavy atom. The molecule has 7 heteroatoms. The van der Waals surface area contributed by atoms with E-state index in [0.717, 1.165) is 24.8 Å². The van der Waals surface area contributed by atoms with Gasteiger partial charge in [-0.25, -0.2) is 9.37 Å². The van der Waals surface area contributed by atoms with Crippen LogP contribution in [0.3, 0.4) is 0 Å². The van der Waals surface area contributed by atoms with Crippen LogP contribution < -0.4 is 11.1 Å². The average Bonchev–Trinajstić information content (AvgIpc) is 2.64. The molecule has 0 aliphatic rings. The molecule has 1 atom stereocenters. The zero-order valence-electron chi connectivity index (χ0n) is 16.5. The first-order chi connectivity index (χ1) is 13.5. The molecule has 0 aliphatic carbocycles. The summed E-state index contributed by atoms with van der Waals surface area (Å²) in [5.74, 6) is 0.389. The fourth-order valence-electron chi connectivity index (χ4n) is 3.16. The number of benzene rings is 1. The van der Waals surface area contributed by atoms with Crippen molar-refractivity contribution in [3.63, 3.8) is 0 Å². The van der Waals surface area contributed by atoms with Gasteiger partial charge >= 0.3 is 0 Å². The predicted molar refractivity (Wildman–Crippen MR) is 108 cm³/mol. The minimum Gasteiger partial charge on any atom is -0.396 e. The maximum atomic E-state index is 14.5. The van der Waals surface area contributed by atoms with Crippen LogP contribution in [0.4, 0.5) is 16.2 Å². The highest BCUT2D eigenvalue weighted by Crippen LogP contribution is 2.25. The van der Waals surface area contributed by atoms with Gasteiger partial charge in [-0.1, -0.05) is 31.9 Å². The molecule has 0 bridgehead atoms. The number of hydrogen-bond acceptors (Lipinski definition) is 6. The number of aryl methyl sites for hydroxylation is 1. The maximum Gasteiger partial charge on any atom is 0.222 e. The number of nitriles is 1. The minimum absolute atomic E-state index is 0.0558. The molecule has 0 spiro atoms. The van der Waals surface area contributed by atoms with Gasteiger partial charge in [-0.3, -0.25) is 0 Å². The number of halogens is 1. The van der Waals surface area contributed by atoms with Crippen LogP contribution in [0, 0.1) is 24.1 Å². The Morgan fingerprint density at radius 2 is 2.11 bits per heavy atom. The molecule has 0 radical (unpaired) electrons. The summed E-state index contributed by atoms with van der Waals surface area (Å²) in [6.45, 7) is 4.02. The minimum atomic E-state index is -0.354. The fraction of sp³-hybridized carbons (Fsp3) is 0.476. The van der Waals surface area contributed by atoms with Gasteiger partial charge in [-0.15, -0.1) is 0 Å². The Kier molecular flexibility index (Phi) is 8.15. The van der Waals surface area contributed by atoms with Gasteiger partial charge in [0.05, 0.1) is 12.5 Å². The van der Waals surface area contributed by atoms with E-state index >= 15 is 0 Å². The Bertz CT molecular complexity index is 834. The Morgan fingerprint density at radius 3 is 2.75 bits per heavy atom. The average molecular weight is 385 g/mol. The van der Waals surface area contributed by atoms with Crippen molar-refractivity contribution in [3.8, 4) is 6.07 Å². The number of nitrogens with one attached hydrogen (secondary N) is 1. The lowest BCUT2D eigenvalue weighted by molar-refractivity contribution is 0.276. The van der Waals surface area contributed by atoms with Crippen LogP contribution in [-0.2, 0) is 12.8 Å². The van der Waals surface area contributed by atoms with Crippen LogP contribution in [-0.4, -0.2) is 27.7 Å². The van der Waals surface area contributed by atoms with E-state index in [4.69, 9.17) is 11.0 Å². The lowest BCUT2D eigenvalue weighted by atomic mass is 10.0. The number of hydrogen-bond donors (Lipinski definition) is 3. The van der Waals surface area contributed by atoms with Crippen molar-refractivity contribution in [2.24, 2.45) is 0 Å². The number of nitrogen functional groups attached to an aromatic ring is 1. The molecule has 0 fully saturated rings. The zero-order chi connectivity index (χ0) is 20.5. The molecule has 2 aromatic rings. The smallest absolute Gasteiger partial charge is 0.222 e. The van der Waals surface area contributed by atoms with E-state index in [1.807, 2.05) is 13.0 Å². The molecule has 0 aliphatic heterocycles. The van der Waals surface area contributed by atoms with Crippen molar-refractivity contribution in [3.05, 3.63) is 46.4 Å². The van der Waals surface area contributed by atoms with Gasteiger partial charge in [0.15, 0.2) is 0 Å². The molecule has 28 heavy (non-hydrogen) atoms. The molecule has 4 N–H and O–H groups in total. The van der Waals surface area contributed by atoms with E-state index in [9.17, 15) is 9.50 Å². The van der Waals surface area contributed by atoms with Gasteiger partial charge in [0.25, 0.3) is 0 Å². The quantitative estimate of drug-likeness (QED) is 0.577. The summed E-state index contributed by atoms with van der Waals surface area (Å²) >= 11 is 0. The van der Waals surface area contributed by atoms with Crippen molar-refractivity contribution in [2.45, 2.75) is 58.4 Å². The van der Waals surface area contributed by atoms with E-state index in [2.05, 4.69) is 22.2 Å². The van der Waals surface area contributed by atoms with Crippen molar-refractivity contribution in [1.29, 1.82) is 5.26 Å². The molecule has 0 saturated heterocycles. The van der Waals surface area contributed by atoms with Crippen LogP contribution in [0.1, 0.15) is 55.0 Å². The van der Waals surface area contributed by atoms with Gasteiger partial charge in [-0.2, -0.15) is 10.2 Å². The van der Waals surface area contributed by atoms with Crippen molar-refractivity contribution in [2.75, 3.05) is 17.7 Å². The third-order valence-corrected chi connectivity index (χ3v) is 4.72. The summed E-state index contributed by atoms with van der Waals surface area (Å²) in [6.07, 6.45) is 4.07. The molecule has 150 valence electrons. The number of aliphatic hydroxyl groups excluding tert-OH is 1. The molecule has 0 saturated carbocycles. The van der Waals surface area contributed by atoms with Crippen LogP contribution in [0.25, 0.3) is 0 Å². The van der Waals surface area contributed by atoms with Crippen molar-refractivity contribution in [1.82, 2.24) is 9.97 Å².